The SMILES string of the molecule is CC/C(=C/N)c1ccc(F)cc1. The Labute approximate surface area is 71.7 Å². The third kappa shape index (κ3) is 1.84. The van der Waals surface area contributed by atoms with Gasteiger partial charge in [-0.05, 0) is 35.9 Å². The Bertz CT molecular complexity index is 274. The van der Waals surface area contributed by atoms with Crippen LogP contribution in [0.25, 0.3) is 5.57 Å². The number of hydrogen-bond acceptors (Lipinski definition) is 1. The first-order chi connectivity index (χ1) is 5.77. The predicted molar refractivity (Wildman–Crippen MR) is 48.9 cm³/mol. The van der Waals surface area contributed by atoms with Crippen molar-refractivity contribution in [3.8, 4) is 0 Å². The first-order valence-corrected chi connectivity index (χ1v) is 3.94. The molecule has 0 fully saturated rings. The molecule has 0 heterocycles. The van der Waals surface area contributed by atoms with Gasteiger partial charge in [0.05, 0.1) is 0 Å². The van der Waals surface area contributed by atoms with Crippen molar-refractivity contribution in [2.24, 2.45) is 5.73 Å². The molecule has 1 nitrogen and oxygen atoms in total. The monoisotopic (exact) mass is 165 g/mol. The zero-order valence-corrected chi connectivity index (χ0v) is 7.05. The van der Waals surface area contributed by atoms with E-state index >= 15 is 0 Å². The highest BCUT2D eigenvalue weighted by molar-refractivity contribution is 5.64. The van der Waals surface area contributed by atoms with Crippen LogP contribution in [0.4, 0.5) is 4.39 Å². The summed E-state index contributed by atoms with van der Waals surface area (Å²) in [4.78, 5) is 0. The second-order valence-electron chi connectivity index (χ2n) is 2.55. The molecule has 0 amide bonds. The van der Waals surface area contributed by atoms with E-state index in [1.807, 2.05) is 6.92 Å². The van der Waals surface area contributed by atoms with E-state index in [9.17, 15) is 4.39 Å². The minimum atomic E-state index is -0.216. The van der Waals surface area contributed by atoms with E-state index in [-0.39, 0.29) is 5.82 Å². The molecule has 0 unspecified atom stereocenters. The van der Waals surface area contributed by atoms with Crippen molar-refractivity contribution in [1.29, 1.82) is 0 Å². The van der Waals surface area contributed by atoms with Gasteiger partial charge in [-0.25, -0.2) is 4.39 Å². The van der Waals surface area contributed by atoms with Crippen molar-refractivity contribution < 1.29 is 4.39 Å². The predicted octanol–water partition coefficient (Wildman–Crippen LogP) is 2.54. The zero-order chi connectivity index (χ0) is 8.97. The van der Waals surface area contributed by atoms with Gasteiger partial charge in [0.25, 0.3) is 0 Å². The number of nitrogens with two attached hydrogens (primary N) is 1. The highest BCUT2D eigenvalue weighted by atomic mass is 19.1. The van der Waals surface area contributed by atoms with Crippen molar-refractivity contribution in [2.75, 3.05) is 0 Å². The molecule has 0 bridgehead atoms. The van der Waals surface area contributed by atoms with Gasteiger partial charge in [0.2, 0.25) is 0 Å². The Balaban J connectivity index is 2.96. The van der Waals surface area contributed by atoms with Crippen LogP contribution in [-0.4, -0.2) is 0 Å². The van der Waals surface area contributed by atoms with Gasteiger partial charge in [-0.3, -0.25) is 0 Å². The smallest absolute Gasteiger partial charge is 0.123 e. The van der Waals surface area contributed by atoms with Crippen molar-refractivity contribution >= 4 is 5.57 Å². The lowest BCUT2D eigenvalue weighted by Crippen LogP contribution is -1.88. The number of hydrogen-bond donors (Lipinski definition) is 1. The lowest BCUT2D eigenvalue weighted by Gasteiger charge is -2.02. The van der Waals surface area contributed by atoms with Gasteiger partial charge in [0, 0.05) is 0 Å². The molecule has 2 N–H and O–H groups in total. The van der Waals surface area contributed by atoms with Crippen LogP contribution in [0.5, 0.6) is 0 Å². The van der Waals surface area contributed by atoms with E-state index in [2.05, 4.69) is 0 Å². The van der Waals surface area contributed by atoms with E-state index in [4.69, 9.17) is 5.73 Å². The molecule has 0 atom stereocenters. The number of allylic oxidation sites excluding steroid dienone is 1. The largest absolute Gasteiger partial charge is 0.404 e. The average molecular weight is 165 g/mol. The van der Waals surface area contributed by atoms with Gasteiger partial charge < -0.3 is 5.73 Å². The summed E-state index contributed by atoms with van der Waals surface area (Å²) in [5.41, 5.74) is 7.42. The van der Waals surface area contributed by atoms with E-state index in [1.165, 1.54) is 12.1 Å². The van der Waals surface area contributed by atoms with Gasteiger partial charge in [-0.2, -0.15) is 0 Å². The van der Waals surface area contributed by atoms with Gasteiger partial charge in [-0.1, -0.05) is 19.1 Å². The highest BCUT2D eigenvalue weighted by Gasteiger charge is 1.97. The molecule has 1 aromatic rings. The molecule has 0 aliphatic carbocycles. The number of rotatable bonds is 2. The van der Waals surface area contributed by atoms with Crippen LogP contribution in [0.1, 0.15) is 18.9 Å². The first-order valence-electron chi connectivity index (χ1n) is 3.94. The molecule has 2 heteroatoms. The van der Waals surface area contributed by atoms with Crippen LogP contribution < -0.4 is 5.73 Å². The third-order valence-electron chi connectivity index (χ3n) is 1.80. The summed E-state index contributed by atoms with van der Waals surface area (Å²) in [6.45, 7) is 2.02. The maximum Gasteiger partial charge on any atom is 0.123 e. The Morgan fingerprint density at radius 1 is 1.42 bits per heavy atom. The molecule has 0 spiro atoms. The Morgan fingerprint density at radius 3 is 2.42 bits per heavy atom. The summed E-state index contributed by atoms with van der Waals surface area (Å²) in [5.74, 6) is -0.216. The quantitative estimate of drug-likeness (QED) is 0.716. The van der Waals surface area contributed by atoms with Crippen LogP contribution in [0.15, 0.2) is 30.5 Å². The summed E-state index contributed by atoms with van der Waals surface area (Å²) in [7, 11) is 0. The molecule has 0 saturated heterocycles. The molecule has 1 aromatic carbocycles. The van der Waals surface area contributed by atoms with Crippen LogP contribution in [0.3, 0.4) is 0 Å². The molecule has 0 radical (unpaired) electrons. The van der Waals surface area contributed by atoms with Gasteiger partial charge in [0.15, 0.2) is 0 Å². The minimum Gasteiger partial charge on any atom is -0.404 e. The standard InChI is InChI=1S/C10H12FN/c1-2-8(7-12)9-3-5-10(11)6-4-9/h3-7H,2,12H2,1H3/b8-7-. The van der Waals surface area contributed by atoms with E-state index in [0.717, 1.165) is 17.6 Å². The summed E-state index contributed by atoms with van der Waals surface area (Å²) < 4.78 is 12.5. The van der Waals surface area contributed by atoms with Crippen LogP contribution in [0.2, 0.25) is 0 Å². The van der Waals surface area contributed by atoms with E-state index in [1.54, 1.807) is 18.3 Å². The second-order valence-corrected chi connectivity index (χ2v) is 2.55. The summed E-state index contributed by atoms with van der Waals surface area (Å²) in [5, 5.41) is 0. The summed E-state index contributed by atoms with van der Waals surface area (Å²) >= 11 is 0. The Kier molecular flexibility index (Phi) is 2.86. The molecule has 0 aliphatic rings. The minimum absolute atomic E-state index is 0.216. The van der Waals surface area contributed by atoms with Crippen LogP contribution >= 0.6 is 0 Å². The number of halogens is 1. The normalized spacial score (nSPS) is 11.7. The van der Waals surface area contributed by atoms with Gasteiger partial charge >= 0.3 is 0 Å². The fraction of sp³-hybridized carbons (Fsp3) is 0.200. The maximum atomic E-state index is 12.5. The van der Waals surface area contributed by atoms with E-state index in [0.29, 0.717) is 0 Å². The second kappa shape index (κ2) is 3.90. The van der Waals surface area contributed by atoms with E-state index < -0.39 is 0 Å². The molecule has 0 aliphatic heterocycles. The average Bonchev–Trinajstić information content (AvgIpc) is 2.10. The molecule has 0 saturated carbocycles. The summed E-state index contributed by atoms with van der Waals surface area (Å²) in [6, 6.07) is 6.35. The lowest BCUT2D eigenvalue weighted by atomic mass is 10.1. The lowest BCUT2D eigenvalue weighted by molar-refractivity contribution is 0.627. The molecular formula is C10H12FN. The van der Waals surface area contributed by atoms with Crippen molar-refractivity contribution in [3.05, 3.63) is 41.8 Å². The van der Waals surface area contributed by atoms with Crippen molar-refractivity contribution in [1.82, 2.24) is 0 Å². The molecule has 12 heavy (non-hydrogen) atoms. The van der Waals surface area contributed by atoms with Crippen LogP contribution in [-0.2, 0) is 0 Å². The number of benzene rings is 1. The fourth-order valence-corrected chi connectivity index (χ4v) is 1.08. The summed E-state index contributed by atoms with van der Waals surface area (Å²) in [6.07, 6.45) is 2.43. The topological polar surface area (TPSA) is 26.0 Å². The van der Waals surface area contributed by atoms with Crippen LogP contribution in [0, 0.1) is 5.82 Å². The van der Waals surface area contributed by atoms with Gasteiger partial charge in [0.1, 0.15) is 5.82 Å². The molecule has 0 aromatic heterocycles. The maximum absolute atomic E-state index is 12.5. The van der Waals surface area contributed by atoms with Gasteiger partial charge in [-0.15, -0.1) is 0 Å². The highest BCUT2D eigenvalue weighted by Crippen LogP contribution is 2.16. The molecule has 64 valence electrons. The van der Waals surface area contributed by atoms with Crippen molar-refractivity contribution in [2.45, 2.75) is 13.3 Å². The Morgan fingerprint density at radius 2 is 2.00 bits per heavy atom. The fourth-order valence-electron chi connectivity index (χ4n) is 1.08. The zero-order valence-electron chi connectivity index (χ0n) is 7.05. The van der Waals surface area contributed by atoms with Crippen molar-refractivity contribution in [3.63, 3.8) is 0 Å². The molecule has 1 rings (SSSR count). The Hall–Kier alpha value is -1.31. The first kappa shape index (κ1) is 8.78. The third-order valence-corrected chi connectivity index (χ3v) is 1.80. The molecular weight excluding hydrogens is 153 g/mol.